The van der Waals surface area contributed by atoms with Gasteiger partial charge in [0.25, 0.3) is 0 Å². The topological polar surface area (TPSA) is 60.4 Å². The van der Waals surface area contributed by atoms with Crippen LogP contribution in [0.25, 0.3) is 0 Å². The molecule has 0 bridgehead atoms. The van der Waals surface area contributed by atoms with Crippen molar-refractivity contribution in [1.82, 2.24) is 0 Å². The Hall–Kier alpha value is -0.990. The van der Waals surface area contributed by atoms with Crippen LogP contribution >= 0.6 is 23.2 Å². The fraction of sp³-hybridized carbons (Fsp3) is 0.562. The largest absolute Gasteiger partial charge is 0.534 e. The SMILES string of the molecule is C[C@@]1(C2CCCC2)Cc2cc(OS(=O)(=O)C(F)(F)F)c(Cl)c(Cl)c2C1=O. The molecule has 10 heteroatoms. The summed E-state index contributed by atoms with van der Waals surface area (Å²) in [6.07, 6.45) is 4.04. The van der Waals surface area contributed by atoms with E-state index in [0.717, 1.165) is 31.7 Å². The quantitative estimate of drug-likeness (QED) is 0.490. The lowest BCUT2D eigenvalue weighted by molar-refractivity contribution is -0.0500. The summed E-state index contributed by atoms with van der Waals surface area (Å²) in [5.74, 6) is -0.798. The third-order valence-corrected chi connectivity index (χ3v) is 7.11. The first kappa shape index (κ1) is 19.8. The Morgan fingerprint density at radius 3 is 2.31 bits per heavy atom. The minimum atomic E-state index is -5.89. The number of hydrogen-bond donors (Lipinski definition) is 0. The van der Waals surface area contributed by atoms with Crippen LogP contribution in [0.15, 0.2) is 6.07 Å². The zero-order chi connectivity index (χ0) is 19.5. The van der Waals surface area contributed by atoms with E-state index in [1.165, 1.54) is 0 Å². The van der Waals surface area contributed by atoms with E-state index in [-0.39, 0.29) is 28.7 Å². The third-order valence-electron chi connectivity index (χ3n) is 5.30. The van der Waals surface area contributed by atoms with Crippen molar-refractivity contribution in [2.24, 2.45) is 11.3 Å². The molecule has 0 aliphatic heterocycles. The van der Waals surface area contributed by atoms with Gasteiger partial charge in [-0.1, -0.05) is 43.0 Å². The van der Waals surface area contributed by atoms with E-state index in [1.54, 1.807) is 0 Å². The number of ketones is 1. The second-order valence-electron chi connectivity index (χ2n) is 6.92. The van der Waals surface area contributed by atoms with Crippen LogP contribution in [-0.4, -0.2) is 19.7 Å². The van der Waals surface area contributed by atoms with Crippen molar-refractivity contribution in [3.63, 3.8) is 0 Å². The maximum atomic E-state index is 13.0. The van der Waals surface area contributed by atoms with E-state index in [4.69, 9.17) is 23.2 Å². The Morgan fingerprint density at radius 2 is 1.77 bits per heavy atom. The number of carbonyl (C=O) groups is 1. The highest BCUT2D eigenvalue weighted by atomic mass is 35.5. The van der Waals surface area contributed by atoms with Crippen molar-refractivity contribution >= 4 is 39.1 Å². The zero-order valence-electron chi connectivity index (χ0n) is 13.6. The number of carbonyl (C=O) groups excluding carboxylic acids is 1. The van der Waals surface area contributed by atoms with Crippen LogP contribution in [-0.2, 0) is 16.5 Å². The van der Waals surface area contributed by atoms with Crippen LogP contribution in [0.1, 0.15) is 48.5 Å². The Bertz CT molecular complexity index is 876. The highest BCUT2D eigenvalue weighted by molar-refractivity contribution is 7.88. The molecule has 0 N–H and O–H groups in total. The standard InChI is InChI=1S/C16H15Cl2F3O4S/c1-15(9-4-2-3-5-9)7-8-6-10(25-26(23,24)16(19,20)21)12(17)13(18)11(8)14(15)22/h6,9H,2-5,7H2,1H3/t15-/m0/s1. The first-order valence-electron chi connectivity index (χ1n) is 7.95. The van der Waals surface area contributed by atoms with Crippen LogP contribution in [0.2, 0.25) is 10.0 Å². The van der Waals surface area contributed by atoms with Gasteiger partial charge in [-0.3, -0.25) is 4.79 Å². The monoisotopic (exact) mass is 430 g/mol. The van der Waals surface area contributed by atoms with E-state index in [2.05, 4.69) is 4.18 Å². The fourth-order valence-electron chi connectivity index (χ4n) is 3.92. The predicted molar refractivity (Wildman–Crippen MR) is 90.2 cm³/mol. The summed E-state index contributed by atoms with van der Waals surface area (Å²) < 4.78 is 64.4. The Labute approximate surface area is 158 Å². The van der Waals surface area contributed by atoms with Crippen LogP contribution in [0.5, 0.6) is 5.75 Å². The van der Waals surface area contributed by atoms with Gasteiger partial charge in [0, 0.05) is 11.0 Å². The van der Waals surface area contributed by atoms with Gasteiger partial charge >= 0.3 is 15.6 Å². The molecule has 4 nitrogen and oxygen atoms in total. The molecule has 1 fully saturated rings. The molecule has 1 aromatic rings. The number of halogens is 5. The highest BCUT2D eigenvalue weighted by Gasteiger charge is 2.51. The molecule has 1 atom stereocenters. The summed E-state index contributed by atoms with van der Waals surface area (Å²) in [5, 5.41) is -0.800. The number of benzene rings is 1. The van der Waals surface area contributed by atoms with Crippen molar-refractivity contribution < 1.29 is 30.6 Å². The van der Waals surface area contributed by atoms with Gasteiger partial charge in [0.1, 0.15) is 5.02 Å². The molecule has 2 aliphatic rings. The molecule has 0 saturated heterocycles. The average Bonchev–Trinajstić information content (AvgIpc) is 3.12. The molecule has 144 valence electrons. The summed E-state index contributed by atoms with van der Waals surface area (Å²) in [5.41, 5.74) is -5.84. The van der Waals surface area contributed by atoms with Crippen molar-refractivity contribution in [2.45, 2.75) is 44.5 Å². The minimum absolute atomic E-state index is 0.139. The lowest BCUT2D eigenvalue weighted by atomic mass is 9.73. The zero-order valence-corrected chi connectivity index (χ0v) is 15.9. The van der Waals surface area contributed by atoms with Gasteiger partial charge in [0.2, 0.25) is 0 Å². The smallest absolute Gasteiger partial charge is 0.374 e. The van der Waals surface area contributed by atoms with Gasteiger partial charge in [-0.25, -0.2) is 0 Å². The van der Waals surface area contributed by atoms with E-state index in [9.17, 15) is 26.4 Å². The summed E-state index contributed by atoms with van der Waals surface area (Å²) in [6.45, 7) is 1.81. The maximum Gasteiger partial charge on any atom is 0.534 e. The number of rotatable bonds is 3. The van der Waals surface area contributed by atoms with Gasteiger partial charge in [-0.05, 0) is 36.8 Å². The van der Waals surface area contributed by atoms with Crippen molar-refractivity contribution in [3.05, 3.63) is 27.2 Å². The second-order valence-corrected chi connectivity index (χ2v) is 9.22. The van der Waals surface area contributed by atoms with E-state index < -0.39 is 31.8 Å². The molecule has 0 heterocycles. The number of fused-ring (bicyclic) bond motifs is 1. The molecule has 0 aromatic heterocycles. The maximum absolute atomic E-state index is 13.0. The first-order chi connectivity index (χ1) is 11.9. The molecule has 0 radical (unpaired) electrons. The van der Waals surface area contributed by atoms with Gasteiger partial charge in [-0.2, -0.15) is 21.6 Å². The molecule has 1 saturated carbocycles. The highest BCUT2D eigenvalue weighted by Crippen LogP contribution is 2.52. The molecule has 0 spiro atoms. The van der Waals surface area contributed by atoms with Gasteiger partial charge in [0.15, 0.2) is 11.5 Å². The molecular weight excluding hydrogens is 416 g/mol. The van der Waals surface area contributed by atoms with Crippen LogP contribution < -0.4 is 4.18 Å². The molecule has 2 aliphatic carbocycles. The van der Waals surface area contributed by atoms with Crippen LogP contribution in [0.3, 0.4) is 0 Å². The summed E-state index contributed by atoms with van der Waals surface area (Å²) in [4.78, 5) is 13.0. The lowest BCUT2D eigenvalue weighted by Crippen LogP contribution is -2.32. The summed E-state index contributed by atoms with van der Waals surface area (Å²) in [6, 6.07) is 1.07. The van der Waals surface area contributed by atoms with E-state index in [1.807, 2.05) is 6.92 Å². The normalized spacial score (nSPS) is 24.2. The Morgan fingerprint density at radius 1 is 1.19 bits per heavy atom. The van der Waals surface area contributed by atoms with Crippen LogP contribution in [0.4, 0.5) is 13.2 Å². The molecule has 26 heavy (non-hydrogen) atoms. The first-order valence-corrected chi connectivity index (χ1v) is 10.1. The number of Topliss-reactive ketones (excluding diaryl/α,β-unsaturated/α-hetero) is 1. The molecule has 3 rings (SSSR count). The minimum Gasteiger partial charge on any atom is -0.374 e. The predicted octanol–water partition coefficient (Wildman–Crippen LogP) is 5.16. The lowest BCUT2D eigenvalue weighted by Gasteiger charge is -2.29. The average molecular weight is 431 g/mol. The number of alkyl halides is 3. The fourth-order valence-corrected chi connectivity index (χ4v) is 4.91. The van der Waals surface area contributed by atoms with Crippen molar-refractivity contribution in [3.8, 4) is 5.75 Å². The molecule has 0 amide bonds. The molecule has 0 unspecified atom stereocenters. The van der Waals surface area contributed by atoms with Gasteiger partial charge in [0.05, 0.1) is 5.02 Å². The summed E-state index contributed by atoms with van der Waals surface area (Å²) in [7, 11) is -5.89. The summed E-state index contributed by atoms with van der Waals surface area (Å²) >= 11 is 12.0. The molecule has 1 aromatic carbocycles. The van der Waals surface area contributed by atoms with E-state index in [0.29, 0.717) is 5.56 Å². The third kappa shape index (κ3) is 2.99. The second kappa shape index (κ2) is 6.27. The van der Waals surface area contributed by atoms with E-state index >= 15 is 0 Å². The van der Waals surface area contributed by atoms with Crippen LogP contribution in [0, 0.1) is 11.3 Å². The van der Waals surface area contributed by atoms with Crippen molar-refractivity contribution in [2.75, 3.05) is 0 Å². The Balaban J connectivity index is 2.04. The number of hydrogen-bond acceptors (Lipinski definition) is 4. The van der Waals surface area contributed by atoms with Crippen molar-refractivity contribution in [1.29, 1.82) is 0 Å². The molecular formula is C16H15Cl2F3O4S. The van der Waals surface area contributed by atoms with Gasteiger partial charge < -0.3 is 4.18 Å². The Kier molecular flexibility index (Phi) is 4.77. The van der Waals surface area contributed by atoms with Gasteiger partial charge in [-0.15, -0.1) is 0 Å².